The number of benzene rings is 2. The van der Waals surface area contributed by atoms with Gasteiger partial charge in [0, 0.05) is 24.5 Å². The third-order valence-corrected chi connectivity index (χ3v) is 4.84. The second kappa shape index (κ2) is 8.34. The van der Waals surface area contributed by atoms with E-state index in [0.717, 1.165) is 43.1 Å². The standard InChI is InChI=1S/C22H26N6O/c1-15-12-16(2)14-18(13-15)24-21-25-20(23-17-6-8-19(29-3)9-7-17)26-22(27-21)28-10-4-5-11-28/h6-9,12-14H,4-5,10-11H2,1-3H3,(H2,23,24,25,26,27). The van der Waals surface area contributed by atoms with Gasteiger partial charge in [-0.3, -0.25) is 0 Å². The van der Waals surface area contributed by atoms with Crippen LogP contribution in [-0.2, 0) is 0 Å². The molecule has 7 heteroatoms. The van der Waals surface area contributed by atoms with E-state index in [1.165, 1.54) is 11.1 Å². The van der Waals surface area contributed by atoms with Crippen molar-refractivity contribution in [2.75, 3.05) is 35.7 Å². The van der Waals surface area contributed by atoms with E-state index in [1.807, 2.05) is 24.3 Å². The Labute approximate surface area is 171 Å². The molecule has 4 rings (SSSR count). The van der Waals surface area contributed by atoms with E-state index in [2.05, 4.69) is 62.5 Å². The first-order valence-electron chi connectivity index (χ1n) is 9.86. The molecule has 150 valence electrons. The maximum Gasteiger partial charge on any atom is 0.233 e. The van der Waals surface area contributed by atoms with Crippen LogP contribution in [0.15, 0.2) is 42.5 Å². The Hall–Kier alpha value is -3.35. The molecule has 1 aliphatic heterocycles. The monoisotopic (exact) mass is 390 g/mol. The van der Waals surface area contributed by atoms with Gasteiger partial charge in [0.05, 0.1) is 7.11 Å². The van der Waals surface area contributed by atoms with Crippen molar-refractivity contribution in [3.8, 4) is 5.75 Å². The summed E-state index contributed by atoms with van der Waals surface area (Å²) in [4.78, 5) is 16.1. The lowest BCUT2D eigenvalue weighted by Gasteiger charge is -2.17. The van der Waals surface area contributed by atoms with Gasteiger partial charge in [-0.05, 0) is 74.2 Å². The van der Waals surface area contributed by atoms with Gasteiger partial charge < -0.3 is 20.3 Å². The van der Waals surface area contributed by atoms with Crippen LogP contribution < -0.4 is 20.3 Å². The average Bonchev–Trinajstić information content (AvgIpc) is 3.22. The van der Waals surface area contributed by atoms with Crippen LogP contribution >= 0.6 is 0 Å². The molecule has 0 unspecified atom stereocenters. The number of aryl methyl sites for hydroxylation is 2. The fourth-order valence-corrected chi connectivity index (χ4v) is 3.51. The Balaban J connectivity index is 1.64. The number of ether oxygens (including phenoxy) is 1. The van der Waals surface area contributed by atoms with Gasteiger partial charge in [0.15, 0.2) is 0 Å². The number of nitrogens with zero attached hydrogens (tertiary/aromatic N) is 4. The van der Waals surface area contributed by atoms with Crippen LogP contribution in [0.3, 0.4) is 0 Å². The Morgan fingerprint density at radius 3 is 1.97 bits per heavy atom. The van der Waals surface area contributed by atoms with Crippen molar-refractivity contribution in [3.05, 3.63) is 53.6 Å². The molecule has 0 atom stereocenters. The topological polar surface area (TPSA) is 75.2 Å². The molecule has 1 aromatic heterocycles. The Kier molecular flexibility index (Phi) is 5.46. The quantitative estimate of drug-likeness (QED) is 0.638. The summed E-state index contributed by atoms with van der Waals surface area (Å²) in [6.07, 6.45) is 2.32. The summed E-state index contributed by atoms with van der Waals surface area (Å²) >= 11 is 0. The maximum atomic E-state index is 5.23. The van der Waals surface area contributed by atoms with Crippen LogP contribution in [0.2, 0.25) is 0 Å². The maximum absolute atomic E-state index is 5.23. The van der Waals surface area contributed by atoms with Crippen molar-refractivity contribution in [1.29, 1.82) is 0 Å². The van der Waals surface area contributed by atoms with Crippen molar-refractivity contribution in [2.24, 2.45) is 0 Å². The van der Waals surface area contributed by atoms with Crippen LogP contribution in [0, 0.1) is 13.8 Å². The molecule has 0 amide bonds. The number of nitrogens with one attached hydrogen (secondary N) is 2. The van der Waals surface area contributed by atoms with Gasteiger partial charge in [0.25, 0.3) is 0 Å². The molecule has 2 aromatic carbocycles. The predicted molar refractivity (Wildman–Crippen MR) is 117 cm³/mol. The summed E-state index contributed by atoms with van der Waals surface area (Å²) in [7, 11) is 1.65. The summed E-state index contributed by atoms with van der Waals surface area (Å²) in [5.41, 5.74) is 4.24. The number of rotatable bonds is 6. The molecule has 2 N–H and O–H groups in total. The van der Waals surface area contributed by atoms with E-state index in [1.54, 1.807) is 7.11 Å². The summed E-state index contributed by atoms with van der Waals surface area (Å²) in [5, 5.41) is 6.63. The molecule has 0 bridgehead atoms. The fraction of sp³-hybridized carbons (Fsp3) is 0.318. The highest BCUT2D eigenvalue weighted by Gasteiger charge is 2.18. The van der Waals surface area contributed by atoms with E-state index < -0.39 is 0 Å². The molecule has 1 saturated heterocycles. The lowest BCUT2D eigenvalue weighted by atomic mass is 10.1. The fourth-order valence-electron chi connectivity index (χ4n) is 3.51. The van der Waals surface area contributed by atoms with Gasteiger partial charge in [-0.15, -0.1) is 0 Å². The highest BCUT2D eigenvalue weighted by Crippen LogP contribution is 2.24. The van der Waals surface area contributed by atoms with Gasteiger partial charge in [-0.25, -0.2) is 0 Å². The van der Waals surface area contributed by atoms with Crippen molar-refractivity contribution >= 4 is 29.2 Å². The number of methoxy groups -OCH3 is 1. The van der Waals surface area contributed by atoms with E-state index >= 15 is 0 Å². The van der Waals surface area contributed by atoms with Gasteiger partial charge in [0.1, 0.15) is 5.75 Å². The number of anilines is 5. The molecular weight excluding hydrogens is 364 g/mol. The van der Waals surface area contributed by atoms with Crippen LogP contribution in [0.1, 0.15) is 24.0 Å². The van der Waals surface area contributed by atoms with Crippen molar-refractivity contribution in [1.82, 2.24) is 15.0 Å². The Morgan fingerprint density at radius 1 is 0.793 bits per heavy atom. The van der Waals surface area contributed by atoms with E-state index in [9.17, 15) is 0 Å². The predicted octanol–water partition coefficient (Wildman–Crippen LogP) is 4.58. The van der Waals surface area contributed by atoms with Crippen molar-refractivity contribution in [3.63, 3.8) is 0 Å². The van der Waals surface area contributed by atoms with Gasteiger partial charge >= 0.3 is 0 Å². The molecular formula is C22H26N6O. The molecule has 2 heterocycles. The van der Waals surface area contributed by atoms with Crippen LogP contribution in [0.5, 0.6) is 5.75 Å². The zero-order valence-electron chi connectivity index (χ0n) is 17.1. The Morgan fingerprint density at radius 2 is 1.38 bits per heavy atom. The first-order chi connectivity index (χ1) is 14.1. The minimum absolute atomic E-state index is 0.513. The zero-order chi connectivity index (χ0) is 20.2. The third kappa shape index (κ3) is 4.74. The molecule has 29 heavy (non-hydrogen) atoms. The lowest BCUT2D eigenvalue weighted by molar-refractivity contribution is 0.415. The van der Waals surface area contributed by atoms with Gasteiger partial charge in [0.2, 0.25) is 17.8 Å². The molecule has 3 aromatic rings. The molecule has 1 aliphatic rings. The van der Waals surface area contributed by atoms with Gasteiger partial charge in [-0.2, -0.15) is 15.0 Å². The summed E-state index contributed by atoms with van der Waals surface area (Å²) in [5.74, 6) is 2.54. The van der Waals surface area contributed by atoms with Crippen molar-refractivity contribution < 1.29 is 4.74 Å². The minimum atomic E-state index is 0.513. The van der Waals surface area contributed by atoms with E-state index in [4.69, 9.17) is 4.74 Å². The SMILES string of the molecule is COc1ccc(Nc2nc(Nc3cc(C)cc(C)c3)nc(N3CCCC3)n2)cc1. The van der Waals surface area contributed by atoms with Crippen LogP contribution in [0.25, 0.3) is 0 Å². The summed E-state index contributed by atoms with van der Waals surface area (Å²) < 4.78 is 5.23. The highest BCUT2D eigenvalue weighted by atomic mass is 16.5. The molecule has 1 fully saturated rings. The van der Waals surface area contributed by atoms with E-state index in [0.29, 0.717) is 17.8 Å². The molecule has 0 saturated carbocycles. The largest absolute Gasteiger partial charge is 0.497 e. The first-order valence-corrected chi connectivity index (χ1v) is 9.86. The first kappa shape index (κ1) is 19.0. The molecule has 0 spiro atoms. The zero-order valence-corrected chi connectivity index (χ0v) is 17.1. The van der Waals surface area contributed by atoms with Crippen LogP contribution in [0.4, 0.5) is 29.2 Å². The molecule has 7 nitrogen and oxygen atoms in total. The third-order valence-electron chi connectivity index (χ3n) is 4.84. The number of hydrogen-bond acceptors (Lipinski definition) is 7. The second-order valence-corrected chi connectivity index (χ2v) is 7.33. The van der Waals surface area contributed by atoms with Crippen molar-refractivity contribution in [2.45, 2.75) is 26.7 Å². The lowest BCUT2D eigenvalue weighted by Crippen LogP contribution is -2.21. The normalized spacial score (nSPS) is 13.4. The smallest absolute Gasteiger partial charge is 0.233 e. The van der Waals surface area contributed by atoms with E-state index in [-0.39, 0.29) is 0 Å². The number of aromatic nitrogens is 3. The molecule has 0 aliphatic carbocycles. The molecule has 0 radical (unpaired) electrons. The minimum Gasteiger partial charge on any atom is -0.497 e. The Bertz CT molecular complexity index is 963. The number of hydrogen-bond donors (Lipinski definition) is 2. The summed E-state index contributed by atoms with van der Waals surface area (Å²) in [6.45, 7) is 6.10. The highest BCUT2D eigenvalue weighted by molar-refractivity contribution is 5.61. The van der Waals surface area contributed by atoms with Crippen LogP contribution in [-0.4, -0.2) is 35.2 Å². The second-order valence-electron chi connectivity index (χ2n) is 7.33. The average molecular weight is 390 g/mol. The van der Waals surface area contributed by atoms with Gasteiger partial charge in [-0.1, -0.05) is 6.07 Å². The summed E-state index contributed by atoms with van der Waals surface area (Å²) in [6, 6.07) is 14.0.